The number of sulfonamides is 1. The van der Waals surface area contributed by atoms with Gasteiger partial charge in [0.2, 0.25) is 15.9 Å². The van der Waals surface area contributed by atoms with Gasteiger partial charge >= 0.3 is 6.36 Å². The van der Waals surface area contributed by atoms with Crippen LogP contribution in [0.15, 0.2) is 53.8 Å². The van der Waals surface area contributed by atoms with Crippen molar-refractivity contribution >= 4 is 15.9 Å². The van der Waals surface area contributed by atoms with Crippen LogP contribution in [0.4, 0.5) is 26.3 Å². The molecule has 212 valence electrons. The molecule has 1 aliphatic heterocycles. The van der Waals surface area contributed by atoms with E-state index in [-0.39, 0.29) is 35.8 Å². The molecular formula is C25H25F6N3O4S. The number of carbonyl (C=O) groups is 1. The third-order valence-corrected chi connectivity index (χ3v) is 9.05. The molecule has 1 aromatic heterocycles. The molecule has 1 saturated heterocycles. The van der Waals surface area contributed by atoms with Crippen molar-refractivity contribution in [1.29, 1.82) is 0 Å². The molecule has 2 aliphatic rings. The predicted molar refractivity (Wildman–Crippen MR) is 126 cm³/mol. The van der Waals surface area contributed by atoms with Crippen molar-refractivity contribution in [3.63, 3.8) is 0 Å². The number of nitrogens with zero attached hydrogens (tertiary/aromatic N) is 2. The summed E-state index contributed by atoms with van der Waals surface area (Å²) in [6.07, 6.45) is -5.48. The summed E-state index contributed by atoms with van der Waals surface area (Å²) in [5.74, 6) is -3.52. The zero-order valence-corrected chi connectivity index (χ0v) is 21.4. The Morgan fingerprint density at radius 2 is 1.82 bits per heavy atom. The van der Waals surface area contributed by atoms with Crippen molar-refractivity contribution in [2.75, 3.05) is 0 Å². The van der Waals surface area contributed by atoms with Gasteiger partial charge in [0.1, 0.15) is 29.6 Å². The zero-order valence-electron chi connectivity index (χ0n) is 20.6. The molecule has 3 atom stereocenters. The molecule has 0 spiro atoms. The fourth-order valence-corrected chi connectivity index (χ4v) is 6.62. The fourth-order valence-electron chi connectivity index (χ4n) is 4.81. The van der Waals surface area contributed by atoms with Gasteiger partial charge in [-0.3, -0.25) is 9.78 Å². The first kappa shape index (κ1) is 28.9. The van der Waals surface area contributed by atoms with Crippen LogP contribution in [0, 0.1) is 17.6 Å². The number of hydrogen-bond acceptors (Lipinski definition) is 5. The molecule has 7 nitrogen and oxygen atoms in total. The van der Waals surface area contributed by atoms with Crippen molar-refractivity contribution in [3.05, 3.63) is 71.8 Å². The highest BCUT2D eigenvalue weighted by Gasteiger charge is 2.49. The Kier molecular flexibility index (Phi) is 7.99. The normalized spacial score (nSPS) is 25.7. The first-order chi connectivity index (χ1) is 18.2. The van der Waals surface area contributed by atoms with E-state index in [1.807, 2.05) is 0 Å². The number of ether oxygens (including phenoxy) is 1. The van der Waals surface area contributed by atoms with Crippen LogP contribution < -0.4 is 5.32 Å². The minimum atomic E-state index is -4.84. The maximum atomic E-state index is 14.6. The summed E-state index contributed by atoms with van der Waals surface area (Å²) < 4.78 is 110. The highest BCUT2D eigenvalue weighted by molar-refractivity contribution is 7.89. The number of benzene rings is 1. The van der Waals surface area contributed by atoms with Crippen LogP contribution in [0.3, 0.4) is 0 Å². The minimum absolute atomic E-state index is 0.0120. The first-order valence-electron chi connectivity index (χ1n) is 12.0. The van der Waals surface area contributed by atoms with E-state index < -0.39 is 70.3 Å². The average molecular weight is 578 g/mol. The molecule has 1 N–H and O–H groups in total. The summed E-state index contributed by atoms with van der Waals surface area (Å²) >= 11 is 0. The maximum absolute atomic E-state index is 14.6. The molecule has 1 saturated carbocycles. The summed E-state index contributed by atoms with van der Waals surface area (Å²) in [6, 6.07) is 2.66. The molecule has 1 aromatic carbocycles. The van der Waals surface area contributed by atoms with Crippen molar-refractivity contribution in [1.82, 2.24) is 14.6 Å². The predicted octanol–water partition coefficient (Wildman–Crippen LogP) is 4.71. The Bertz CT molecular complexity index is 1350. The molecule has 0 unspecified atom stereocenters. The number of allylic oxidation sites excluding steroid dienone is 1. The van der Waals surface area contributed by atoms with Crippen molar-refractivity contribution in [3.8, 4) is 0 Å². The van der Waals surface area contributed by atoms with Gasteiger partial charge in [-0.15, -0.1) is 13.2 Å². The van der Waals surface area contributed by atoms with Gasteiger partial charge < -0.3 is 10.1 Å². The van der Waals surface area contributed by atoms with E-state index >= 15 is 0 Å². The minimum Gasteiger partial charge on any atom is -0.411 e. The van der Waals surface area contributed by atoms with Gasteiger partial charge in [0.05, 0.1) is 17.1 Å². The highest BCUT2D eigenvalue weighted by Crippen LogP contribution is 2.45. The number of amides is 1. The van der Waals surface area contributed by atoms with Crippen LogP contribution >= 0.6 is 0 Å². The lowest BCUT2D eigenvalue weighted by atomic mass is 9.72. The van der Waals surface area contributed by atoms with Crippen LogP contribution in [0.1, 0.15) is 43.4 Å². The molecule has 0 radical (unpaired) electrons. The Labute approximate surface area is 220 Å². The Balaban J connectivity index is 1.43. The average Bonchev–Trinajstić information content (AvgIpc) is 3.12. The second-order valence-electron chi connectivity index (χ2n) is 9.59. The molecule has 14 heteroatoms. The molecule has 1 amide bonds. The summed E-state index contributed by atoms with van der Waals surface area (Å²) in [5, 5.41) is 2.44. The summed E-state index contributed by atoms with van der Waals surface area (Å²) in [6.45, 7) is 4.25. The molecule has 2 fully saturated rings. The molecule has 2 heterocycles. The Hall–Kier alpha value is -3.13. The SMILES string of the molecule is C=C(OC(F)(F)F)C1CC(c2cc(CNC(=O)[C@@H]3C[C@@H](F)[C@H](C)N3S(=O)(=O)c3ccc(F)cc3)c(F)cn2)C1. The van der Waals surface area contributed by atoms with Crippen molar-refractivity contribution in [2.45, 2.75) is 68.2 Å². The monoisotopic (exact) mass is 577 g/mol. The van der Waals surface area contributed by atoms with Gasteiger partial charge in [-0.25, -0.2) is 21.6 Å². The summed E-state index contributed by atoms with van der Waals surface area (Å²) in [5.41, 5.74) is 0.411. The molecule has 2 aromatic rings. The lowest BCUT2D eigenvalue weighted by Crippen LogP contribution is -2.48. The second kappa shape index (κ2) is 10.8. The number of carbonyl (C=O) groups excluding carboxylic acids is 1. The van der Waals surface area contributed by atoms with Crippen LogP contribution in [0.2, 0.25) is 0 Å². The standard InChI is InChI=1S/C25H25F6N3O4S/c1-13-20(27)10-23(34(13)39(36,37)19-5-3-18(26)4-6-19)24(35)33-11-17-9-22(32-12-21(17)28)16-7-15(8-16)14(2)38-25(29,30)31/h3-6,9,12-13,15-16,20,23H,2,7-8,10-11H2,1H3,(H,33,35)/t13-,15?,16?,20+,23-/m0/s1. The smallest absolute Gasteiger partial charge is 0.411 e. The van der Waals surface area contributed by atoms with E-state index in [9.17, 15) is 39.6 Å². The Morgan fingerprint density at radius 1 is 1.18 bits per heavy atom. The van der Waals surface area contributed by atoms with E-state index in [1.165, 1.54) is 13.0 Å². The first-order valence-corrected chi connectivity index (χ1v) is 13.4. The van der Waals surface area contributed by atoms with Gasteiger partial charge in [-0.2, -0.15) is 4.31 Å². The number of nitrogens with one attached hydrogen (secondary N) is 1. The second-order valence-corrected chi connectivity index (χ2v) is 11.4. The van der Waals surface area contributed by atoms with Crippen LogP contribution in [-0.4, -0.2) is 48.2 Å². The molecule has 39 heavy (non-hydrogen) atoms. The largest absolute Gasteiger partial charge is 0.572 e. The van der Waals surface area contributed by atoms with E-state index in [4.69, 9.17) is 0 Å². The third-order valence-electron chi connectivity index (χ3n) is 7.04. The third kappa shape index (κ3) is 6.21. The van der Waals surface area contributed by atoms with Crippen LogP contribution in [-0.2, 0) is 26.1 Å². The maximum Gasteiger partial charge on any atom is 0.572 e. The van der Waals surface area contributed by atoms with E-state index in [0.29, 0.717) is 5.69 Å². The number of pyridine rings is 1. The lowest BCUT2D eigenvalue weighted by molar-refractivity contribution is -0.309. The van der Waals surface area contributed by atoms with Gasteiger partial charge in [-0.05, 0) is 50.1 Å². The molecule has 1 aliphatic carbocycles. The van der Waals surface area contributed by atoms with Gasteiger partial charge in [0.25, 0.3) is 0 Å². The van der Waals surface area contributed by atoms with E-state index in [1.54, 1.807) is 0 Å². The van der Waals surface area contributed by atoms with Crippen molar-refractivity contribution in [2.24, 2.45) is 5.92 Å². The van der Waals surface area contributed by atoms with Crippen LogP contribution in [0.25, 0.3) is 0 Å². The van der Waals surface area contributed by atoms with E-state index in [0.717, 1.165) is 34.8 Å². The highest BCUT2D eigenvalue weighted by atomic mass is 32.2. The zero-order chi connectivity index (χ0) is 28.7. The van der Waals surface area contributed by atoms with Gasteiger partial charge in [0.15, 0.2) is 0 Å². The number of rotatable bonds is 8. The Morgan fingerprint density at radius 3 is 2.44 bits per heavy atom. The fraction of sp³-hybridized carbons (Fsp3) is 0.440. The molecular weight excluding hydrogens is 552 g/mol. The van der Waals surface area contributed by atoms with Crippen LogP contribution in [0.5, 0.6) is 0 Å². The number of halogens is 6. The summed E-state index contributed by atoms with van der Waals surface area (Å²) in [7, 11) is -4.37. The quantitative estimate of drug-likeness (QED) is 0.363. The number of aromatic nitrogens is 1. The molecule has 4 rings (SSSR count). The number of hydrogen-bond donors (Lipinski definition) is 1. The van der Waals surface area contributed by atoms with Gasteiger partial charge in [-0.1, -0.05) is 6.58 Å². The molecule has 0 bridgehead atoms. The van der Waals surface area contributed by atoms with E-state index in [2.05, 4.69) is 21.6 Å². The lowest BCUT2D eigenvalue weighted by Gasteiger charge is -2.36. The summed E-state index contributed by atoms with van der Waals surface area (Å²) in [4.78, 5) is 16.7. The number of alkyl halides is 4. The topological polar surface area (TPSA) is 88.6 Å². The van der Waals surface area contributed by atoms with Gasteiger partial charge in [0, 0.05) is 36.1 Å². The van der Waals surface area contributed by atoms with Crippen molar-refractivity contribution < 1.29 is 44.3 Å².